The maximum Gasteiger partial charge on any atom is 0.253 e. The number of amides is 2. The SMILES string of the molecule is CN(C)C(=O)c1cccc(C(=O)N(C)C2CC3CCC(C2)N3)c1. The Morgan fingerprint density at radius 3 is 2.13 bits per heavy atom. The van der Waals surface area contributed by atoms with E-state index >= 15 is 0 Å². The number of carbonyl (C=O) groups excluding carboxylic acids is 2. The van der Waals surface area contributed by atoms with E-state index in [2.05, 4.69) is 5.32 Å². The molecular formula is C18H25N3O2. The van der Waals surface area contributed by atoms with Gasteiger partial charge in [0.05, 0.1) is 0 Å². The van der Waals surface area contributed by atoms with Crippen LogP contribution in [0.25, 0.3) is 0 Å². The van der Waals surface area contributed by atoms with Gasteiger partial charge in [-0.15, -0.1) is 0 Å². The number of nitrogens with one attached hydrogen (secondary N) is 1. The zero-order valence-corrected chi connectivity index (χ0v) is 14.1. The highest BCUT2D eigenvalue weighted by atomic mass is 16.2. The molecule has 2 fully saturated rings. The molecule has 1 aromatic rings. The van der Waals surface area contributed by atoms with Gasteiger partial charge in [-0.2, -0.15) is 0 Å². The summed E-state index contributed by atoms with van der Waals surface area (Å²) in [6.07, 6.45) is 4.48. The summed E-state index contributed by atoms with van der Waals surface area (Å²) >= 11 is 0. The quantitative estimate of drug-likeness (QED) is 0.924. The van der Waals surface area contributed by atoms with Crippen molar-refractivity contribution in [2.24, 2.45) is 0 Å². The van der Waals surface area contributed by atoms with Crippen LogP contribution >= 0.6 is 0 Å². The molecule has 5 nitrogen and oxygen atoms in total. The number of nitrogens with zero attached hydrogens (tertiary/aromatic N) is 2. The topological polar surface area (TPSA) is 52.7 Å². The summed E-state index contributed by atoms with van der Waals surface area (Å²) in [6, 6.07) is 8.42. The van der Waals surface area contributed by atoms with Crippen molar-refractivity contribution < 1.29 is 9.59 Å². The van der Waals surface area contributed by atoms with Gasteiger partial charge in [-0.05, 0) is 43.9 Å². The van der Waals surface area contributed by atoms with Gasteiger partial charge in [-0.25, -0.2) is 0 Å². The second-order valence-corrected chi connectivity index (χ2v) is 6.96. The van der Waals surface area contributed by atoms with E-state index in [-0.39, 0.29) is 17.9 Å². The number of benzene rings is 1. The standard InChI is InChI=1S/C18H25N3O2/c1-20(2)17(22)12-5-4-6-13(9-12)18(23)21(3)16-10-14-7-8-15(11-16)19-14/h4-6,9,14-16,19H,7-8,10-11H2,1-3H3. The number of carbonyl (C=O) groups is 2. The second-order valence-electron chi connectivity index (χ2n) is 6.96. The minimum absolute atomic E-state index is 0.00436. The summed E-state index contributed by atoms with van der Waals surface area (Å²) in [4.78, 5) is 28.3. The second kappa shape index (κ2) is 6.32. The molecule has 2 aliphatic heterocycles. The zero-order chi connectivity index (χ0) is 16.6. The number of hydrogen-bond acceptors (Lipinski definition) is 3. The van der Waals surface area contributed by atoms with Crippen LogP contribution in [0.1, 0.15) is 46.4 Å². The monoisotopic (exact) mass is 315 g/mol. The van der Waals surface area contributed by atoms with Crippen LogP contribution in [0.15, 0.2) is 24.3 Å². The van der Waals surface area contributed by atoms with E-state index in [9.17, 15) is 9.59 Å². The first-order valence-corrected chi connectivity index (χ1v) is 8.30. The first-order chi connectivity index (χ1) is 11.0. The maximum atomic E-state index is 12.8. The average Bonchev–Trinajstić information content (AvgIpc) is 2.90. The molecule has 3 rings (SSSR count). The van der Waals surface area contributed by atoms with Gasteiger partial charge < -0.3 is 15.1 Å². The molecule has 2 amide bonds. The molecule has 1 aromatic carbocycles. The highest BCUT2D eigenvalue weighted by Gasteiger charge is 2.36. The Hall–Kier alpha value is -1.88. The Labute approximate surface area is 137 Å². The molecule has 2 unspecified atom stereocenters. The molecule has 23 heavy (non-hydrogen) atoms. The Balaban J connectivity index is 1.74. The molecule has 0 saturated carbocycles. The summed E-state index contributed by atoms with van der Waals surface area (Å²) in [7, 11) is 5.32. The lowest BCUT2D eigenvalue weighted by Crippen LogP contribution is -2.48. The minimum Gasteiger partial charge on any atom is -0.345 e. The Morgan fingerprint density at radius 2 is 1.57 bits per heavy atom. The van der Waals surface area contributed by atoms with E-state index in [0.29, 0.717) is 23.2 Å². The van der Waals surface area contributed by atoms with Gasteiger partial charge in [-0.3, -0.25) is 9.59 Å². The lowest BCUT2D eigenvalue weighted by Gasteiger charge is -2.35. The van der Waals surface area contributed by atoms with Gasteiger partial charge in [0.1, 0.15) is 0 Å². The first kappa shape index (κ1) is 16.0. The molecule has 2 aliphatic rings. The van der Waals surface area contributed by atoms with Crippen molar-refractivity contribution >= 4 is 11.8 Å². The van der Waals surface area contributed by atoms with Crippen molar-refractivity contribution in [1.29, 1.82) is 0 Å². The van der Waals surface area contributed by atoms with E-state index in [1.54, 1.807) is 38.4 Å². The smallest absolute Gasteiger partial charge is 0.253 e. The van der Waals surface area contributed by atoms with Crippen molar-refractivity contribution in [3.8, 4) is 0 Å². The highest BCUT2D eigenvalue weighted by Crippen LogP contribution is 2.29. The largest absolute Gasteiger partial charge is 0.345 e. The summed E-state index contributed by atoms with van der Waals surface area (Å²) in [5, 5.41) is 3.60. The number of hydrogen-bond donors (Lipinski definition) is 1. The zero-order valence-electron chi connectivity index (χ0n) is 14.1. The van der Waals surface area contributed by atoms with Crippen molar-refractivity contribution in [3.63, 3.8) is 0 Å². The summed E-state index contributed by atoms with van der Waals surface area (Å²) < 4.78 is 0. The summed E-state index contributed by atoms with van der Waals surface area (Å²) in [5.74, 6) is -0.0769. The van der Waals surface area contributed by atoms with Crippen LogP contribution in [0.3, 0.4) is 0 Å². The Morgan fingerprint density at radius 1 is 1.00 bits per heavy atom. The van der Waals surface area contributed by atoms with Crippen LogP contribution in [0.4, 0.5) is 0 Å². The van der Waals surface area contributed by atoms with E-state index in [1.807, 2.05) is 11.9 Å². The van der Waals surface area contributed by atoms with Gasteiger partial charge in [0.15, 0.2) is 0 Å². The molecule has 1 N–H and O–H groups in total. The lowest BCUT2D eigenvalue weighted by molar-refractivity contribution is 0.0681. The first-order valence-electron chi connectivity index (χ1n) is 8.30. The number of fused-ring (bicyclic) bond motifs is 2. The van der Waals surface area contributed by atoms with E-state index in [4.69, 9.17) is 0 Å². The normalized spacial score (nSPS) is 26.0. The van der Waals surface area contributed by atoms with Gasteiger partial charge in [-0.1, -0.05) is 6.07 Å². The fourth-order valence-electron chi connectivity index (χ4n) is 3.76. The Bertz CT molecular complexity index is 602. The van der Waals surface area contributed by atoms with E-state index in [1.165, 1.54) is 17.7 Å². The fraction of sp³-hybridized carbons (Fsp3) is 0.556. The molecule has 0 aliphatic carbocycles. The lowest BCUT2D eigenvalue weighted by atomic mass is 9.97. The van der Waals surface area contributed by atoms with E-state index < -0.39 is 0 Å². The molecule has 2 heterocycles. The predicted molar refractivity (Wildman–Crippen MR) is 89.5 cm³/mol. The third kappa shape index (κ3) is 3.24. The van der Waals surface area contributed by atoms with Crippen LogP contribution in [-0.4, -0.2) is 60.9 Å². The molecule has 0 radical (unpaired) electrons. The summed E-state index contributed by atoms with van der Waals surface area (Å²) in [5.41, 5.74) is 1.14. The third-order valence-corrected chi connectivity index (χ3v) is 5.08. The van der Waals surface area contributed by atoms with Gasteiger partial charge in [0, 0.05) is 50.4 Å². The average molecular weight is 315 g/mol. The molecular weight excluding hydrogens is 290 g/mol. The van der Waals surface area contributed by atoms with Crippen molar-refractivity contribution in [3.05, 3.63) is 35.4 Å². The van der Waals surface area contributed by atoms with Crippen molar-refractivity contribution in [2.45, 2.75) is 43.8 Å². The summed E-state index contributed by atoms with van der Waals surface area (Å²) in [6.45, 7) is 0. The highest BCUT2D eigenvalue weighted by molar-refractivity contribution is 5.99. The predicted octanol–water partition coefficient (Wildman–Crippen LogP) is 1.74. The Kier molecular flexibility index (Phi) is 4.39. The number of piperidine rings is 1. The molecule has 2 saturated heterocycles. The molecule has 0 spiro atoms. The van der Waals surface area contributed by atoms with Crippen molar-refractivity contribution in [2.75, 3.05) is 21.1 Å². The maximum absolute atomic E-state index is 12.8. The van der Waals surface area contributed by atoms with E-state index in [0.717, 1.165) is 12.8 Å². The molecule has 5 heteroatoms. The van der Waals surface area contributed by atoms with Crippen LogP contribution in [-0.2, 0) is 0 Å². The van der Waals surface area contributed by atoms with Gasteiger partial charge >= 0.3 is 0 Å². The van der Waals surface area contributed by atoms with Crippen LogP contribution in [0, 0.1) is 0 Å². The molecule has 0 aromatic heterocycles. The molecule has 2 bridgehead atoms. The minimum atomic E-state index is -0.0813. The van der Waals surface area contributed by atoms with Gasteiger partial charge in [0.2, 0.25) is 0 Å². The fourth-order valence-corrected chi connectivity index (χ4v) is 3.76. The van der Waals surface area contributed by atoms with Gasteiger partial charge in [0.25, 0.3) is 11.8 Å². The van der Waals surface area contributed by atoms with Crippen LogP contribution in [0.5, 0.6) is 0 Å². The molecule has 2 atom stereocenters. The third-order valence-electron chi connectivity index (χ3n) is 5.08. The molecule has 124 valence electrons. The van der Waals surface area contributed by atoms with Crippen LogP contribution < -0.4 is 5.32 Å². The number of rotatable bonds is 3. The van der Waals surface area contributed by atoms with Crippen LogP contribution in [0.2, 0.25) is 0 Å². The van der Waals surface area contributed by atoms with Crippen molar-refractivity contribution in [1.82, 2.24) is 15.1 Å².